The third-order valence-electron chi connectivity index (χ3n) is 5.18. The van der Waals surface area contributed by atoms with Crippen molar-refractivity contribution < 1.29 is 9.53 Å². The minimum Gasteiger partial charge on any atom is -0.495 e. The van der Waals surface area contributed by atoms with E-state index in [1.165, 1.54) is 38.3 Å². The van der Waals surface area contributed by atoms with Gasteiger partial charge in [0.2, 0.25) is 0 Å². The first-order valence-corrected chi connectivity index (χ1v) is 10.2. The maximum absolute atomic E-state index is 10.6. The van der Waals surface area contributed by atoms with Gasteiger partial charge in [-0.15, -0.1) is 10.2 Å². The number of rotatable bonds is 5. The number of amides is 1. The molecule has 8 heteroatoms. The fourth-order valence-electron chi connectivity index (χ4n) is 3.33. The van der Waals surface area contributed by atoms with Gasteiger partial charge < -0.3 is 15.4 Å². The number of methoxy groups -OCH3 is 1. The lowest BCUT2D eigenvalue weighted by Gasteiger charge is -2.33. The van der Waals surface area contributed by atoms with Gasteiger partial charge in [0.15, 0.2) is 11.5 Å². The lowest BCUT2D eigenvalue weighted by atomic mass is 9.94. The highest BCUT2D eigenvalue weighted by Crippen LogP contribution is 2.29. The molecule has 30 heavy (non-hydrogen) atoms. The molecule has 3 rings (SSSR count). The molecule has 2 N–H and O–H groups in total. The van der Waals surface area contributed by atoms with Gasteiger partial charge in [0.1, 0.15) is 11.8 Å². The highest BCUT2D eigenvalue weighted by atomic mass is 16.5. The van der Waals surface area contributed by atoms with Gasteiger partial charge in [-0.3, -0.25) is 4.79 Å². The van der Waals surface area contributed by atoms with Crippen LogP contribution in [0.5, 0.6) is 5.75 Å². The molecule has 0 saturated heterocycles. The Labute approximate surface area is 178 Å². The largest absolute Gasteiger partial charge is 0.495 e. The second-order valence-electron chi connectivity index (χ2n) is 7.62. The highest BCUT2D eigenvalue weighted by Gasteiger charge is 2.19. The third kappa shape index (κ3) is 6.14. The lowest BCUT2D eigenvalue weighted by molar-refractivity contribution is 0.0994. The smallest absolute Gasteiger partial charge is 0.270 e. The number of nitrogens with zero attached hydrogens (tertiary/aromatic N) is 5. The Morgan fingerprint density at radius 2 is 1.97 bits per heavy atom. The van der Waals surface area contributed by atoms with Crippen molar-refractivity contribution in [2.45, 2.75) is 57.9 Å². The first kappa shape index (κ1) is 23.1. The van der Waals surface area contributed by atoms with Gasteiger partial charge in [0.25, 0.3) is 5.91 Å². The van der Waals surface area contributed by atoms with Crippen LogP contribution in [-0.4, -0.2) is 41.3 Å². The van der Waals surface area contributed by atoms with E-state index in [1.807, 2.05) is 32.0 Å². The van der Waals surface area contributed by atoms with Crippen molar-refractivity contribution in [3.05, 3.63) is 41.5 Å². The molecule has 1 heterocycles. The second-order valence-corrected chi connectivity index (χ2v) is 7.62. The molecule has 1 aromatic heterocycles. The zero-order chi connectivity index (χ0) is 22.1. The summed E-state index contributed by atoms with van der Waals surface area (Å²) in [4.78, 5) is 16.8. The number of carbonyl (C=O) groups excluding carboxylic acids is 1. The molecule has 0 bridgehead atoms. The molecule has 2 aromatic rings. The number of hydrogen-bond acceptors (Lipinski definition) is 7. The van der Waals surface area contributed by atoms with Crippen LogP contribution in [0.3, 0.4) is 0 Å². The van der Waals surface area contributed by atoms with Gasteiger partial charge in [0.05, 0.1) is 18.9 Å². The number of hydrogen-bond donors (Lipinski definition) is 1. The standard InChI is InChI=1S/C15H20N2O.C7H10N4O/c1-17(13-6-4-3-5-7-13)14-9-8-12(11-16)15(10-14)18-2;1-4(2)7-9-3-5(6(8)12)10-11-7/h8-10,13H,3-7H2,1-2H3;3-4H,1-2H3,(H2,8,12). The summed E-state index contributed by atoms with van der Waals surface area (Å²) >= 11 is 0. The number of nitriles is 1. The molecule has 160 valence electrons. The summed E-state index contributed by atoms with van der Waals surface area (Å²) in [7, 11) is 3.75. The molecule has 0 atom stereocenters. The van der Waals surface area contributed by atoms with E-state index in [-0.39, 0.29) is 11.6 Å². The molecular weight excluding hydrogens is 380 g/mol. The maximum atomic E-state index is 10.6. The number of primary amides is 1. The second kappa shape index (κ2) is 11.1. The van der Waals surface area contributed by atoms with E-state index >= 15 is 0 Å². The van der Waals surface area contributed by atoms with Crippen LogP contribution in [0, 0.1) is 11.3 Å². The molecule has 0 aliphatic heterocycles. The van der Waals surface area contributed by atoms with Gasteiger partial charge in [-0.25, -0.2) is 4.98 Å². The normalized spacial score (nSPS) is 13.7. The van der Waals surface area contributed by atoms with E-state index in [1.54, 1.807) is 7.11 Å². The Kier molecular flexibility index (Phi) is 8.54. The van der Waals surface area contributed by atoms with E-state index in [9.17, 15) is 4.79 Å². The van der Waals surface area contributed by atoms with Crippen molar-refractivity contribution in [2.24, 2.45) is 5.73 Å². The number of aromatic nitrogens is 3. The summed E-state index contributed by atoms with van der Waals surface area (Å²) in [5, 5.41) is 16.3. The number of anilines is 1. The molecule has 1 fully saturated rings. The molecule has 0 unspecified atom stereocenters. The summed E-state index contributed by atoms with van der Waals surface area (Å²) in [6.45, 7) is 3.89. The summed E-state index contributed by atoms with van der Waals surface area (Å²) in [6, 6.07) is 8.59. The van der Waals surface area contributed by atoms with Crippen LogP contribution in [0.25, 0.3) is 0 Å². The molecule has 1 aliphatic carbocycles. The zero-order valence-corrected chi connectivity index (χ0v) is 18.1. The van der Waals surface area contributed by atoms with Crippen molar-refractivity contribution in [2.75, 3.05) is 19.1 Å². The fourth-order valence-corrected chi connectivity index (χ4v) is 3.33. The number of carbonyl (C=O) groups is 1. The van der Waals surface area contributed by atoms with E-state index in [4.69, 9.17) is 15.7 Å². The molecule has 1 amide bonds. The van der Waals surface area contributed by atoms with Crippen LogP contribution >= 0.6 is 0 Å². The first-order valence-electron chi connectivity index (χ1n) is 10.2. The number of ether oxygens (including phenoxy) is 1. The average molecular weight is 411 g/mol. The van der Waals surface area contributed by atoms with E-state index in [0.717, 1.165) is 5.69 Å². The van der Waals surface area contributed by atoms with E-state index in [0.29, 0.717) is 23.2 Å². The molecular formula is C22H30N6O2. The van der Waals surface area contributed by atoms with Crippen LogP contribution in [0.1, 0.15) is 73.7 Å². The Morgan fingerprint density at radius 1 is 1.27 bits per heavy atom. The summed E-state index contributed by atoms with van der Waals surface area (Å²) in [5.41, 5.74) is 6.79. The monoisotopic (exact) mass is 410 g/mol. The Bertz CT molecular complexity index is 870. The summed E-state index contributed by atoms with van der Waals surface area (Å²) in [6.07, 6.45) is 7.87. The van der Waals surface area contributed by atoms with Crippen LogP contribution in [0.2, 0.25) is 0 Å². The van der Waals surface area contributed by atoms with Crippen molar-refractivity contribution >= 4 is 11.6 Å². The van der Waals surface area contributed by atoms with Crippen molar-refractivity contribution in [3.8, 4) is 11.8 Å². The average Bonchev–Trinajstić information content (AvgIpc) is 2.79. The third-order valence-corrected chi connectivity index (χ3v) is 5.18. The van der Waals surface area contributed by atoms with Crippen molar-refractivity contribution in [1.82, 2.24) is 15.2 Å². The van der Waals surface area contributed by atoms with Crippen LogP contribution in [0.15, 0.2) is 24.4 Å². The van der Waals surface area contributed by atoms with Gasteiger partial charge in [-0.05, 0) is 25.0 Å². The summed E-state index contributed by atoms with van der Waals surface area (Å²) in [5.74, 6) is 0.877. The van der Waals surface area contributed by atoms with Gasteiger partial charge in [-0.1, -0.05) is 33.1 Å². The molecule has 1 saturated carbocycles. The van der Waals surface area contributed by atoms with Gasteiger partial charge >= 0.3 is 0 Å². The molecule has 1 aliphatic rings. The van der Waals surface area contributed by atoms with Gasteiger partial charge in [0, 0.05) is 30.8 Å². The predicted molar refractivity (Wildman–Crippen MR) is 115 cm³/mol. The Morgan fingerprint density at radius 3 is 2.47 bits per heavy atom. The van der Waals surface area contributed by atoms with E-state index < -0.39 is 5.91 Å². The zero-order valence-electron chi connectivity index (χ0n) is 18.1. The fraction of sp³-hybridized carbons (Fsp3) is 0.500. The topological polar surface area (TPSA) is 118 Å². The maximum Gasteiger partial charge on any atom is 0.270 e. The minimum atomic E-state index is -0.606. The van der Waals surface area contributed by atoms with Crippen LogP contribution in [0.4, 0.5) is 5.69 Å². The molecule has 0 radical (unpaired) electrons. The summed E-state index contributed by atoms with van der Waals surface area (Å²) < 4.78 is 5.27. The Balaban J connectivity index is 0.000000232. The van der Waals surface area contributed by atoms with Crippen molar-refractivity contribution in [3.63, 3.8) is 0 Å². The van der Waals surface area contributed by atoms with Crippen molar-refractivity contribution in [1.29, 1.82) is 5.26 Å². The molecule has 1 aromatic carbocycles. The number of nitrogens with two attached hydrogens (primary N) is 1. The van der Waals surface area contributed by atoms with E-state index in [2.05, 4.69) is 33.2 Å². The lowest BCUT2D eigenvalue weighted by Crippen LogP contribution is -2.33. The molecule has 8 nitrogen and oxygen atoms in total. The molecule has 0 spiro atoms. The SMILES string of the molecule is CC(C)c1ncc(C(N)=O)nn1.COc1cc(N(C)C2CCCCC2)ccc1C#N. The number of benzene rings is 1. The quantitative estimate of drug-likeness (QED) is 0.802. The minimum absolute atomic E-state index is 0.0967. The van der Waals surface area contributed by atoms with Crippen LogP contribution in [-0.2, 0) is 0 Å². The Hall–Kier alpha value is -3.21. The van der Waals surface area contributed by atoms with Crippen LogP contribution < -0.4 is 15.4 Å². The van der Waals surface area contributed by atoms with Gasteiger partial charge in [-0.2, -0.15) is 5.26 Å². The predicted octanol–water partition coefficient (Wildman–Crippen LogP) is 3.43. The highest BCUT2D eigenvalue weighted by molar-refractivity contribution is 5.90. The first-order chi connectivity index (χ1) is 14.4.